The summed E-state index contributed by atoms with van der Waals surface area (Å²) in [4.78, 5) is 14.2. The van der Waals surface area contributed by atoms with E-state index in [1.54, 1.807) is 0 Å². The predicted octanol–water partition coefficient (Wildman–Crippen LogP) is 3.53. The maximum absolute atomic E-state index is 12.2. The van der Waals surface area contributed by atoms with Gasteiger partial charge in [-0.2, -0.15) is 0 Å². The van der Waals surface area contributed by atoms with Crippen LogP contribution in [-0.2, 0) is 11.2 Å². The molecule has 0 spiro atoms. The Morgan fingerprint density at radius 2 is 2.19 bits per heavy atom. The van der Waals surface area contributed by atoms with Gasteiger partial charge in [-0.3, -0.25) is 4.79 Å². The van der Waals surface area contributed by atoms with Crippen LogP contribution < -0.4 is 5.32 Å². The highest BCUT2D eigenvalue weighted by Gasteiger charge is 2.21. The third kappa shape index (κ3) is 4.87. The van der Waals surface area contributed by atoms with E-state index >= 15 is 0 Å². The van der Waals surface area contributed by atoms with Gasteiger partial charge in [-0.05, 0) is 50.4 Å². The van der Waals surface area contributed by atoms with Crippen molar-refractivity contribution in [3.05, 3.63) is 33.8 Å². The summed E-state index contributed by atoms with van der Waals surface area (Å²) in [6, 6.07) is 6.10. The zero-order valence-electron chi connectivity index (χ0n) is 12.4. The number of carbonyl (C=O) groups is 1. The summed E-state index contributed by atoms with van der Waals surface area (Å²) in [5, 5.41) is 4.41. The lowest BCUT2D eigenvalue weighted by Crippen LogP contribution is -2.46. The molecule has 1 aromatic carbocycles. The predicted molar refractivity (Wildman–Crippen MR) is 88.1 cm³/mol. The van der Waals surface area contributed by atoms with Crippen LogP contribution in [0.15, 0.2) is 18.2 Å². The molecule has 116 valence electrons. The van der Waals surface area contributed by atoms with Gasteiger partial charge in [-0.25, -0.2) is 0 Å². The third-order valence-electron chi connectivity index (χ3n) is 4.02. The Labute approximate surface area is 136 Å². The Morgan fingerprint density at radius 1 is 1.38 bits per heavy atom. The SMILES string of the molecule is CNC1CCCN(C(=O)CCCc2ccc(Cl)c(Cl)c2)C1. The normalized spacial score (nSPS) is 18.8. The van der Waals surface area contributed by atoms with Crippen LogP contribution in [0.3, 0.4) is 0 Å². The first-order valence-corrected chi connectivity index (χ1v) is 8.24. The van der Waals surface area contributed by atoms with Gasteiger partial charge in [0.15, 0.2) is 0 Å². The molecule has 1 aliphatic heterocycles. The smallest absolute Gasteiger partial charge is 0.222 e. The maximum Gasteiger partial charge on any atom is 0.222 e. The number of amides is 1. The van der Waals surface area contributed by atoms with Crippen LogP contribution in [0.25, 0.3) is 0 Å². The van der Waals surface area contributed by atoms with E-state index in [0.717, 1.165) is 44.3 Å². The first-order valence-electron chi connectivity index (χ1n) is 7.49. The number of nitrogens with one attached hydrogen (secondary N) is 1. The van der Waals surface area contributed by atoms with Crippen molar-refractivity contribution in [3.8, 4) is 0 Å². The van der Waals surface area contributed by atoms with E-state index in [4.69, 9.17) is 23.2 Å². The van der Waals surface area contributed by atoms with E-state index in [9.17, 15) is 4.79 Å². The molecule has 2 rings (SSSR count). The summed E-state index contributed by atoms with van der Waals surface area (Å²) in [6.07, 6.45) is 4.54. The molecule has 3 nitrogen and oxygen atoms in total. The van der Waals surface area contributed by atoms with Gasteiger partial charge in [0.2, 0.25) is 5.91 Å². The van der Waals surface area contributed by atoms with Gasteiger partial charge in [0.1, 0.15) is 0 Å². The fraction of sp³-hybridized carbons (Fsp3) is 0.562. The summed E-state index contributed by atoms with van der Waals surface area (Å²) in [5.74, 6) is 0.259. The number of carbonyl (C=O) groups excluding carboxylic acids is 1. The standard InChI is InChI=1S/C16H22Cl2N2O/c1-19-13-5-3-9-20(11-13)16(21)6-2-4-12-7-8-14(17)15(18)10-12/h7-8,10,13,19H,2-6,9,11H2,1H3. The molecular weight excluding hydrogens is 307 g/mol. The Hall–Kier alpha value is -0.770. The molecule has 0 bridgehead atoms. The van der Waals surface area contributed by atoms with Crippen molar-refractivity contribution >= 4 is 29.1 Å². The number of aryl methyl sites for hydroxylation is 1. The van der Waals surface area contributed by atoms with Gasteiger partial charge in [-0.1, -0.05) is 29.3 Å². The molecule has 1 aliphatic rings. The second-order valence-electron chi connectivity index (χ2n) is 5.57. The Bertz CT molecular complexity index is 493. The highest BCUT2D eigenvalue weighted by atomic mass is 35.5. The molecule has 1 aromatic rings. The Kier molecular flexibility index (Phi) is 6.34. The van der Waals surface area contributed by atoms with Crippen molar-refractivity contribution in [3.63, 3.8) is 0 Å². The fourth-order valence-electron chi connectivity index (χ4n) is 2.74. The zero-order valence-corrected chi connectivity index (χ0v) is 13.9. The summed E-state index contributed by atoms with van der Waals surface area (Å²) >= 11 is 11.9. The van der Waals surface area contributed by atoms with Gasteiger partial charge >= 0.3 is 0 Å². The number of halogens is 2. The van der Waals surface area contributed by atoms with Gasteiger partial charge < -0.3 is 10.2 Å². The lowest BCUT2D eigenvalue weighted by atomic mass is 10.0. The number of nitrogens with zero attached hydrogens (tertiary/aromatic N) is 1. The molecule has 1 saturated heterocycles. The second-order valence-corrected chi connectivity index (χ2v) is 6.38. The quantitative estimate of drug-likeness (QED) is 0.896. The molecule has 1 N–H and O–H groups in total. The zero-order chi connectivity index (χ0) is 15.2. The number of benzene rings is 1. The first-order chi connectivity index (χ1) is 10.1. The number of likely N-dealkylation sites (N-methyl/N-ethyl adjacent to an activating group) is 1. The molecule has 1 amide bonds. The molecule has 0 aromatic heterocycles. The van der Waals surface area contributed by atoms with E-state index in [1.165, 1.54) is 0 Å². The van der Waals surface area contributed by atoms with E-state index in [0.29, 0.717) is 22.5 Å². The van der Waals surface area contributed by atoms with E-state index in [-0.39, 0.29) is 5.91 Å². The summed E-state index contributed by atoms with van der Waals surface area (Å²) in [7, 11) is 1.96. The highest BCUT2D eigenvalue weighted by Crippen LogP contribution is 2.23. The minimum absolute atomic E-state index is 0.259. The third-order valence-corrected chi connectivity index (χ3v) is 4.76. The van der Waals surface area contributed by atoms with Gasteiger partial charge in [0.25, 0.3) is 0 Å². The van der Waals surface area contributed by atoms with E-state index in [1.807, 2.05) is 30.1 Å². The minimum atomic E-state index is 0.259. The maximum atomic E-state index is 12.2. The van der Waals surface area contributed by atoms with E-state index in [2.05, 4.69) is 5.32 Å². The molecule has 0 saturated carbocycles. The molecule has 1 unspecified atom stereocenters. The van der Waals surface area contributed by atoms with Crippen LogP contribution in [0.5, 0.6) is 0 Å². The van der Waals surface area contributed by atoms with Crippen molar-refractivity contribution in [1.82, 2.24) is 10.2 Å². The lowest BCUT2D eigenvalue weighted by Gasteiger charge is -2.32. The molecule has 21 heavy (non-hydrogen) atoms. The molecule has 0 aliphatic carbocycles. The lowest BCUT2D eigenvalue weighted by molar-refractivity contribution is -0.132. The molecule has 1 heterocycles. The van der Waals surface area contributed by atoms with Gasteiger partial charge in [-0.15, -0.1) is 0 Å². The van der Waals surface area contributed by atoms with Crippen molar-refractivity contribution in [2.75, 3.05) is 20.1 Å². The second kappa shape index (κ2) is 8.02. The first kappa shape index (κ1) is 16.6. The topological polar surface area (TPSA) is 32.3 Å². The van der Waals surface area contributed by atoms with Crippen LogP contribution in [0, 0.1) is 0 Å². The molecule has 0 radical (unpaired) electrons. The van der Waals surface area contributed by atoms with Crippen LogP contribution in [-0.4, -0.2) is 37.0 Å². The van der Waals surface area contributed by atoms with Crippen LogP contribution in [0.1, 0.15) is 31.2 Å². The van der Waals surface area contributed by atoms with Crippen LogP contribution in [0.2, 0.25) is 10.0 Å². The fourth-order valence-corrected chi connectivity index (χ4v) is 3.06. The number of piperidine rings is 1. The number of rotatable bonds is 5. The number of hydrogen-bond acceptors (Lipinski definition) is 2. The summed E-state index contributed by atoms with van der Waals surface area (Å²) < 4.78 is 0. The minimum Gasteiger partial charge on any atom is -0.341 e. The Balaban J connectivity index is 1.77. The number of likely N-dealkylation sites (tertiary alicyclic amines) is 1. The number of hydrogen-bond donors (Lipinski definition) is 1. The molecule has 5 heteroatoms. The summed E-state index contributed by atoms with van der Waals surface area (Å²) in [6.45, 7) is 1.73. The van der Waals surface area contributed by atoms with Crippen LogP contribution >= 0.6 is 23.2 Å². The summed E-state index contributed by atoms with van der Waals surface area (Å²) in [5.41, 5.74) is 1.13. The van der Waals surface area contributed by atoms with Crippen molar-refractivity contribution in [1.29, 1.82) is 0 Å². The average Bonchev–Trinajstić information content (AvgIpc) is 2.50. The Morgan fingerprint density at radius 3 is 2.90 bits per heavy atom. The largest absolute Gasteiger partial charge is 0.341 e. The van der Waals surface area contributed by atoms with Crippen molar-refractivity contribution in [2.45, 2.75) is 38.1 Å². The molecular formula is C16H22Cl2N2O. The van der Waals surface area contributed by atoms with Gasteiger partial charge in [0.05, 0.1) is 10.0 Å². The van der Waals surface area contributed by atoms with Crippen molar-refractivity contribution < 1.29 is 4.79 Å². The molecule has 1 atom stereocenters. The molecule has 1 fully saturated rings. The van der Waals surface area contributed by atoms with Crippen LogP contribution in [0.4, 0.5) is 0 Å². The van der Waals surface area contributed by atoms with Crippen molar-refractivity contribution in [2.24, 2.45) is 0 Å². The average molecular weight is 329 g/mol. The highest BCUT2D eigenvalue weighted by molar-refractivity contribution is 6.42. The van der Waals surface area contributed by atoms with E-state index < -0.39 is 0 Å². The monoisotopic (exact) mass is 328 g/mol. The van der Waals surface area contributed by atoms with Gasteiger partial charge in [0, 0.05) is 25.6 Å².